The average molecular weight is 266 g/mol. The van der Waals surface area contributed by atoms with Gasteiger partial charge in [0.05, 0.1) is 5.92 Å². The molecular formula is C13H25F3N2. The van der Waals surface area contributed by atoms with Crippen LogP contribution in [0.1, 0.15) is 34.1 Å². The van der Waals surface area contributed by atoms with Crippen LogP contribution in [-0.2, 0) is 0 Å². The van der Waals surface area contributed by atoms with E-state index in [1.807, 2.05) is 11.8 Å². The van der Waals surface area contributed by atoms with Gasteiger partial charge in [0.25, 0.3) is 0 Å². The molecule has 108 valence electrons. The predicted octanol–water partition coefficient (Wildman–Crippen LogP) is 2.89. The summed E-state index contributed by atoms with van der Waals surface area (Å²) in [4.78, 5) is 1.99. The van der Waals surface area contributed by atoms with Crippen molar-refractivity contribution in [2.45, 2.75) is 45.8 Å². The minimum absolute atomic E-state index is 0.227. The Morgan fingerprint density at radius 3 is 2.44 bits per heavy atom. The van der Waals surface area contributed by atoms with Gasteiger partial charge in [-0.15, -0.1) is 0 Å². The molecule has 0 aliphatic carbocycles. The molecule has 0 saturated carbocycles. The fraction of sp³-hybridized carbons (Fsp3) is 1.00. The third-order valence-corrected chi connectivity index (χ3v) is 4.03. The van der Waals surface area contributed by atoms with Crippen molar-refractivity contribution in [1.82, 2.24) is 10.2 Å². The molecule has 2 nitrogen and oxygen atoms in total. The van der Waals surface area contributed by atoms with Crippen LogP contribution in [0.5, 0.6) is 0 Å². The van der Waals surface area contributed by atoms with Crippen molar-refractivity contribution in [2.24, 2.45) is 11.8 Å². The fourth-order valence-corrected chi connectivity index (χ4v) is 2.87. The molecule has 0 aromatic heterocycles. The Balaban J connectivity index is 2.59. The van der Waals surface area contributed by atoms with E-state index in [0.717, 1.165) is 19.6 Å². The highest BCUT2D eigenvalue weighted by molar-refractivity contribution is 4.98. The second kappa shape index (κ2) is 5.78. The number of nitrogens with zero attached hydrogens (tertiary/aromatic N) is 1. The van der Waals surface area contributed by atoms with Crippen LogP contribution >= 0.6 is 0 Å². The fourth-order valence-electron chi connectivity index (χ4n) is 2.87. The Hall–Kier alpha value is -0.290. The summed E-state index contributed by atoms with van der Waals surface area (Å²) >= 11 is 0. The zero-order valence-corrected chi connectivity index (χ0v) is 11.8. The average Bonchev–Trinajstić information content (AvgIpc) is 2.51. The number of nitrogens with one attached hydrogen (secondary N) is 1. The number of likely N-dealkylation sites (tertiary alicyclic amines) is 1. The van der Waals surface area contributed by atoms with Crippen molar-refractivity contribution in [3.63, 3.8) is 0 Å². The van der Waals surface area contributed by atoms with Crippen molar-refractivity contribution in [3.05, 3.63) is 0 Å². The normalized spacial score (nSPS) is 26.5. The van der Waals surface area contributed by atoms with Gasteiger partial charge < -0.3 is 5.32 Å². The number of alkyl halides is 3. The standard InChI is InChI=1S/C13H25F3N2/c1-5-17-8-10(2)9-18-7-6-11(12(18,3)4)13(14,15)16/h10-11,17H,5-9H2,1-4H3. The van der Waals surface area contributed by atoms with Gasteiger partial charge >= 0.3 is 6.18 Å². The molecule has 2 atom stereocenters. The predicted molar refractivity (Wildman–Crippen MR) is 67.5 cm³/mol. The van der Waals surface area contributed by atoms with E-state index in [2.05, 4.69) is 12.2 Å². The smallest absolute Gasteiger partial charge is 0.317 e. The van der Waals surface area contributed by atoms with Crippen molar-refractivity contribution in [3.8, 4) is 0 Å². The van der Waals surface area contributed by atoms with Crippen LogP contribution in [-0.4, -0.2) is 42.8 Å². The highest BCUT2D eigenvalue weighted by Crippen LogP contribution is 2.44. The Morgan fingerprint density at radius 2 is 2.00 bits per heavy atom. The summed E-state index contributed by atoms with van der Waals surface area (Å²) in [6.07, 6.45) is -3.85. The highest BCUT2D eigenvalue weighted by atomic mass is 19.4. The van der Waals surface area contributed by atoms with E-state index in [1.54, 1.807) is 13.8 Å². The van der Waals surface area contributed by atoms with E-state index >= 15 is 0 Å². The van der Waals surface area contributed by atoms with Gasteiger partial charge in [-0.1, -0.05) is 13.8 Å². The van der Waals surface area contributed by atoms with Gasteiger partial charge in [-0.3, -0.25) is 4.90 Å². The molecule has 1 rings (SSSR count). The molecule has 0 amide bonds. The third-order valence-electron chi connectivity index (χ3n) is 4.03. The maximum Gasteiger partial charge on any atom is 0.393 e. The largest absolute Gasteiger partial charge is 0.393 e. The summed E-state index contributed by atoms with van der Waals surface area (Å²) in [5.41, 5.74) is -0.779. The summed E-state index contributed by atoms with van der Waals surface area (Å²) in [5, 5.41) is 3.24. The summed E-state index contributed by atoms with van der Waals surface area (Å²) < 4.78 is 38.8. The highest BCUT2D eigenvalue weighted by Gasteiger charge is 2.54. The van der Waals surface area contributed by atoms with Crippen LogP contribution in [0.2, 0.25) is 0 Å². The Kier molecular flexibility index (Phi) is 5.06. The lowest BCUT2D eigenvalue weighted by Crippen LogP contribution is -2.49. The lowest BCUT2D eigenvalue weighted by atomic mass is 9.87. The molecule has 5 heteroatoms. The number of hydrogen-bond donors (Lipinski definition) is 1. The van der Waals surface area contributed by atoms with Crippen LogP contribution in [0, 0.1) is 11.8 Å². The molecule has 0 aromatic carbocycles. The Morgan fingerprint density at radius 1 is 1.39 bits per heavy atom. The second-order valence-electron chi connectivity index (χ2n) is 5.90. The molecule has 0 spiro atoms. The molecule has 0 aromatic rings. The minimum atomic E-state index is -4.08. The molecule has 1 saturated heterocycles. The second-order valence-corrected chi connectivity index (χ2v) is 5.90. The van der Waals surface area contributed by atoms with Crippen LogP contribution in [0.3, 0.4) is 0 Å². The van der Waals surface area contributed by atoms with Crippen LogP contribution < -0.4 is 5.32 Å². The maximum atomic E-state index is 12.9. The van der Waals surface area contributed by atoms with Gasteiger partial charge in [0.15, 0.2) is 0 Å². The van der Waals surface area contributed by atoms with E-state index in [1.165, 1.54) is 0 Å². The molecule has 2 unspecified atom stereocenters. The number of rotatable bonds is 5. The van der Waals surface area contributed by atoms with E-state index in [-0.39, 0.29) is 6.42 Å². The van der Waals surface area contributed by atoms with Gasteiger partial charge in [0.1, 0.15) is 0 Å². The van der Waals surface area contributed by atoms with Gasteiger partial charge in [0, 0.05) is 12.1 Å². The molecule has 0 radical (unpaired) electrons. The molecule has 1 N–H and O–H groups in total. The topological polar surface area (TPSA) is 15.3 Å². The maximum absolute atomic E-state index is 12.9. The Bertz CT molecular complexity index is 263. The third kappa shape index (κ3) is 3.60. The van der Waals surface area contributed by atoms with E-state index < -0.39 is 17.6 Å². The van der Waals surface area contributed by atoms with Crippen LogP contribution in [0.25, 0.3) is 0 Å². The summed E-state index contributed by atoms with van der Waals surface area (Å²) in [6.45, 7) is 10.6. The van der Waals surface area contributed by atoms with E-state index in [9.17, 15) is 13.2 Å². The summed E-state index contributed by atoms with van der Waals surface area (Å²) in [5.74, 6) is -0.826. The quantitative estimate of drug-likeness (QED) is 0.823. The first-order valence-electron chi connectivity index (χ1n) is 6.72. The van der Waals surface area contributed by atoms with Crippen molar-refractivity contribution >= 4 is 0 Å². The molecule has 1 heterocycles. The van der Waals surface area contributed by atoms with Gasteiger partial charge in [-0.05, 0) is 45.8 Å². The molecule has 1 aliphatic heterocycles. The first-order chi connectivity index (χ1) is 8.19. The number of halogens is 3. The number of hydrogen-bond acceptors (Lipinski definition) is 2. The van der Waals surface area contributed by atoms with Crippen molar-refractivity contribution < 1.29 is 13.2 Å². The Labute approximate surface area is 108 Å². The van der Waals surface area contributed by atoms with Crippen molar-refractivity contribution in [2.75, 3.05) is 26.2 Å². The monoisotopic (exact) mass is 266 g/mol. The van der Waals surface area contributed by atoms with Crippen molar-refractivity contribution in [1.29, 1.82) is 0 Å². The van der Waals surface area contributed by atoms with Gasteiger partial charge in [0.2, 0.25) is 0 Å². The molecule has 18 heavy (non-hydrogen) atoms. The summed E-state index contributed by atoms with van der Waals surface area (Å²) in [7, 11) is 0. The lowest BCUT2D eigenvalue weighted by molar-refractivity contribution is -0.191. The molecule has 0 bridgehead atoms. The molecule has 1 aliphatic rings. The zero-order valence-electron chi connectivity index (χ0n) is 11.8. The lowest BCUT2D eigenvalue weighted by Gasteiger charge is -2.38. The molecule has 1 fully saturated rings. The van der Waals surface area contributed by atoms with E-state index in [4.69, 9.17) is 0 Å². The van der Waals surface area contributed by atoms with Crippen LogP contribution in [0.15, 0.2) is 0 Å². The van der Waals surface area contributed by atoms with Gasteiger partial charge in [-0.2, -0.15) is 13.2 Å². The first-order valence-corrected chi connectivity index (χ1v) is 6.72. The zero-order chi connectivity index (χ0) is 14.0. The summed E-state index contributed by atoms with van der Waals surface area (Å²) in [6, 6.07) is 0. The SMILES string of the molecule is CCNCC(C)CN1CCC(C(F)(F)F)C1(C)C. The van der Waals surface area contributed by atoms with Crippen LogP contribution in [0.4, 0.5) is 13.2 Å². The van der Waals surface area contributed by atoms with Gasteiger partial charge in [-0.25, -0.2) is 0 Å². The van der Waals surface area contributed by atoms with E-state index in [0.29, 0.717) is 12.5 Å². The molecular weight excluding hydrogens is 241 g/mol. The minimum Gasteiger partial charge on any atom is -0.317 e. The first kappa shape index (κ1) is 15.8.